The van der Waals surface area contributed by atoms with Crippen LogP contribution in [-0.2, 0) is 10.8 Å². The number of rotatable bonds is 4. The van der Waals surface area contributed by atoms with E-state index in [-0.39, 0.29) is 10.8 Å². The van der Waals surface area contributed by atoms with E-state index in [2.05, 4.69) is 196 Å². The summed E-state index contributed by atoms with van der Waals surface area (Å²) in [6.07, 6.45) is 0. The van der Waals surface area contributed by atoms with Gasteiger partial charge in [0.2, 0.25) is 0 Å². The Morgan fingerprint density at radius 2 is 1.09 bits per heavy atom. The van der Waals surface area contributed by atoms with Crippen molar-refractivity contribution >= 4 is 49.8 Å². The number of para-hydroxylation sites is 1. The van der Waals surface area contributed by atoms with Crippen molar-refractivity contribution in [2.75, 3.05) is 4.90 Å². The van der Waals surface area contributed by atoms with E-state index in [0.29, 0.717) is 0 Å². The molecule has 0 fully saturated rings. The van der Waals surface area contributed by atoms with Crippen LogP contribution in [0.4, 0.5) is 17.1 Å². The van der Waals surface area contributed by atoms with Crippen LogP contribution in [0.25, 0.3) is 66.1 Å². The molecule has 1 aromatic heterocycles. The Morgan fingerprint density at radius 3 is 1.94 bits per heavy atom. The van der Waals surface area contributed by atoms with E-state index >= 15 is 0 Å². The SMILES string of the molecule is CC1(C)c2ccccc2-c2ccc(N(c3cccc4c3-c3ccccc3C4(C)C)c3ccc(-c4ccc5ccccc5c4)c4oc5ccccc5c34)cc21. The zero-order chi connectivity index (χ0) is 36.3. The van der Waals surface area contributed by atoms with Crippen LogP contribution in [0, 0.1) is 0 Å². The molecule has 9 aromatic rings. The van der Waals surface area contributed by atoms with Crippen molar-refractivity contribution < 1.29 is 4.42 Å². The number of furan rings is 1. The van der Waals surface area contributed by atoms with Gasteiger partial charge in [0.05, 0.1) is 16.8 Å². The van der Waals surface area contributed by atoms with Crippen LogP contribution in [0.5, 0.6) is 0 Å². The quantitative estimate of drug-likeness (QED) is 0.182. The van der Waals surface area contributed by atoms with E-state index in [1.54, 1.807) is 0 Å². The van der Waals surface area contributed by atoms with Gasteiger partial charge in [-0.3, -0.25) is 0 Å². The molecule has 2 aliphatic rings. The van der Waals surface area contributed by atoms with E-state index < -0.39 is 0 Å². The lowest BCUT2D eigenvalue weighted by Crippen LogP contribution is -2.17. The molecule has 0 bridgehead atoms. The zero-order valence-electron chi connectivity index (χ0n) is 30.9. The van der Waals surface area contributed by atoms with Crippen molar-refractivity contribution in [1.29, 1.82) is 0 Å². The lowest BCUT2D eigenvalue weighted by atomic mass is 9.82. The highest BCUT2D eigenvalue weighted by Gasteiger charge is 2.39. The molecule has 11 rings (SSSR count). The molecule has 54 heavy (non-hydrogen) atoms. The second-order valence-corrected chi connectivity index (χ2v) is 16.1. The highest BCUT2D eigenvalue weighted by atomic mass is 16.3. The van der Waals surface area contributed by atoms with E-state index in [9.17, 15) is 0 Å². The average molecular weight is 694 g/mol. The standard InChI is InChI=1S/C52H39NO/c1-51(2)42-20-11-8-17-39(42)48-43(51)21-13-22-45(48)53(35-26-27-38-37-16-7-10-19-41(37)52(3,4)44(38)31-35)46-29-28-36(34-25-24-32-14-5-6-15-33(32)30-34)50-49(46)40-18-9-12-23-47(40)54-50/h5-31H,1-4H3. The molecule has 2 nitrogen and oxygen atoms in total. The Labute approximate surface area is 315 Å². The van der Waals surface area contributed by atoms with Crippen LogP contribution in [0.3, 0.4) is 0 Å². The maximum Gasteiger partial charge on any atom is 0.145 e. The van der Waals surface area contributed by atoms with E-state index in [4.69, 9.17) is 4.42 Å². The topological polar surface area (TPSA) is 16.4 Å². The molecule has 0 unspecified atom stereocenters. The smallest absolute Gasteiger partial charge is 0.145 e. The van der Waals surface area contributed by atoms with Gasteiger partial charge < -0.3 is 9.32 Å². The minimum absolute atomic E-state index is 0.132. The van der Waals surface area contributed by atoms with Gasteiger partial charge in [-0.25, -0.2) is 0 Å². The van der Waals surface area contributed by atoms with Gasteiger partial charge in [-0.2, -0.15) is 0 Å². The summed E-state index contributed by atoms with van der Waals surface area (Å²) in [5, 5.41) is 4.67. The maximum absolute atomic E-state index is 6.92. The normalized spacial score (nSPS) is 14.6. The van der Waals surface area contributed by atoms with Crippen LogP contribution in [-0.4, -0.2) is 0 Å². The van der Waals surface area contributed by atoms with Crippen molar-refractivity contribution in [1.82, 2.24) is 0 Å². The summed E-state index contributed by atoms with van der Waals surface area (Å²) in [5.74, 6) is 0. The summed E-state index contributed by atoms with van der Waals surface area (Å²) >= 11 is 0. The van der Waals surface area contributed by atoms with Crippen molar-refractivity contribution in [2.24, 2.45) is 0 Å². The molecule has 0 aliphatic heterocycles. The van der Waals surface area contributed by atoms with Gasteiger partial charge in [-0.1, -0.05) is 149 Å². The summed E-state index contributed by atoms with van der Waals surface area (Å²) in [4.78, 5) is 2.52. The number of fused-ring (bicyclic) bond motifs is 10. The van der Waals surface area contributed by atoms with Crippen molar-refractivity contribution in [3.63, 3.8) is 0 Å². The third-order valence-corrected chi connectivity index (χ3v) is 12.5. The van der Waals surface area contributed by atoms with E-state index in [1.807, 2.05) is 0 Å². The Balaban J connectivity index is 1.23. The van der Waals surface area contributed by atoms with E-state index in [1.165, 1.54) is 61.0 Å². The summed E-state index contributed by atoms with van der Waals surface area (Å²) in [5.41, 5.74) is 17.8. The molecule has 1 heterocycles. The van der Waals surface area contributed by atoms with Crippen molar-refractivity contribution in [2.45, 2.75) is 38.5 Å². The molecule has 0 saturated heterocycles. The van der Waals surface area contributed by atoms with Crippen LogP contribution in [0.15, 0.2) is 168 Å². The van der Waals surface area contributed by atoms with Crippen LogP contribution < -0.4 is 4.90 Å². The summed E-state index contributed by atoms with van der Waals surface area (Å²) in [6.45, 7) is 9.46. The molecule has 2 heteroatoms. The number of hydrogen-bond acceptors (Lipinski definition) is 2. The minimum atomic E-state index is -0.140. The number of hydrogen-bond donors (Lipinski definition) is 0. The first kappa shape index (κ1) is 31.2. The predicted molar refractivity (Wildman–Crippen MR) is 226 cm³/mol. The number of nitrogens with zero attached hydrogens (tertiary/aromatic N) is 1. The van der Waals surface area contributed by atoms with Crippen LogP contribution in [0.1, 0.15) is 49.9 Å². The first-order valence-corrected chi connectivity index (χ1v) is 19.0. The first-order valence-electron chi connectivity index (χ1n) is 19.0. The van der Waals surface area contributed by atoms with Gasteiger partial charge in [0, 0.05) is 33.0 Å². The Kier molecular flexibility index (Phi) is 6.39. The molecule has 8 aromatic carbocycles. The lowest BCUT2D eigenvalue weighted by Gasteiger charge is -2.31. The summed E-state index contributed by atoms with van der Waals surface area (Å²) in [7, 11) is 0. The molecule has 0 saturated carbocycles. The molecule has 0 N–H and O–H groups in total. The number of anilines is 3. The molecular weight excluding hydrogens is 655 g/mol. The van der Waals surface area contributed by atoms with Crippen molar-refractivity contribution in [3.05, 3.63) is 186 Å². The largest absolute Gasteiger partial charge is 0.455 e. The fourth-order valence-electron chi connectivity index (χ4n) is 9.74. The van der Waals surface area contributed by atoms with Crippen LogP contribution >= 0.6 is 0 Å². The molecule has 0 amide bonds. The monoisotopic (exact) mass is 693 g/mol. The first-order chi connectivity index (χ1) is 26.3. The van der Waals surface area contributed by atoms with Gasteiger partial charge in [0.1, 0.15) is 11.2 Å². The highest BCUT2D eigenvalue weighted by Crippen LogP contribution is 2.57. The third kappa shape index (κ3) is 4.23. The molecule has 2 aliphatic carbocycles. The minimum Gasteiger partial charge on any atom is -0.455 e. The highest BCUT2D eigenvalue weighted by molar-refractivity contribution is 6.18. The van der Waals surface area contributed by atoms with Gasteiger partial charge in [-0.15, -0.1) is 0 Å². The Bertz CT molecular complexity index is 3010. The molecule has 0 atom stereocenters. The zero-order valence-corrected chi connectivity index (χ0v) is 30.9. The molecule has 0 radical (unpaired) electrons. The Hall–Kier alpha value is -6.38. The van der Waals surface area contributed by atoms with Crippen molar-refractivity contribution in [3.8, 4) is 33.4 Å². The number of benzene rings is 8. The fourth-order valence-corrected chi connectivity index (χ4v) is 9.74. The Morgan fingerprint density at radius 1 is 0.444 bits per heavy atom. The lowest BCUT2D eigenvalue weighted by molar-refractivity contribution is 0.660. The molecule has 258 valence electrons. The molecule has 0 spiro atoms. The fraction of sp³-hybridized carbons (Fsp3) is 0.115. The maximum atomic E-state index is 6.92. The molecular formula is C52H39NO. The van der Waals surface area contributed by atoms with Gasteiger partial charge in [0.15, 0.2) is 0 Å². The average Bonchev–Trinajstić information content (AvgIpc) is 3.79. The summed E-state index contributed by atoms with van der Waals surface area (Å²) < 4.78 is 6.92. The summed E-state index contributed by atoms with van der Waals surface area (Å²) in [6, 6.07) is 60.3. The van der Waals surface area contributed by atoms with Crippen LogP contribution in [0.2, 0.25) is 0 Å². The van der Waals surface area contributed by atoms with E-state index in [0.717, 1.165) is 44.4 Å². The predicted octanol–water partition coefficient (Wildman–Crippen LogP) is 14.5. The third-order valence-electron chi connectivity index (χ3n) is 12.5. The van der Waals surface area contributed by atoms with Gasteiger partial charge >= 0.3 is 0 Å². The second-order valence-electron chi connectivity index (χ2n) is 16.1. The van der Waals surface area contributed by atoms with Gasteiger partial charge in [0.25, 0.3) is 0 Å². The second kappa shape index (κ2) is 11.1. The van der Waals surface area contributed by atoms with Gasteiger partial charge in [-0.05, 0) is 97.7 Å².